The van der Waals surface area contributed by atoms with E-state index in [0.29, 0.717) is 5.92 Å². The third kappa shape index (κ3) is 2.95. The molecule has 0 aromatic rings. The first-order chi connectivity index (χ1) is 10.3. The first-order valence-corrected chi connectivity index (χ1v) is 8.23. The van der Waals surface area contributed by atoms with Crippen molar-refractivity contribution in [1.29, 1.82) is 0 Å². The van der Waals surface area contributed by atoms with Crippen molar-refractivity contribution < 1.29 is 0 Å². The lowest BCUT2D eigenvalue weighted by molar-refractivity contribution is 0.837. The minimum Gasteiger partial charge on any atom is -0.0795 e. The Morgan fingerprint density at radius 3 is 2.38 bits per heavy atom. The van der Waals surface area contributed by atoms with E-state index in [1.54, 1.807) is 0 Å². The Morgan fingerprint density at radius 1 is 0.905 bits per heavy atom. The fraction of sp³-hybridized carbons (Fsp3) is 0.333. The fourth-order valence-corrected chi connectivity index (χ4v) is 3.03. The van der Waals surface area contributed by atoms with Crippen LogP contribution in [0.5, 0.6) is 0 Å². The van der Waals surface area contributed by atoms with Crippen molar-refractivity contribution >= 4 is 0 Å². The van der Waals surface area contributed by atoms with Crippen LogP contribution in [0.1, 0.15) is 40.5 Å². The van der Waals surface area contributed by atoms with Crippen LogP contribution in [0.15, 0.2) is 82.5 Å². The van der Waals surface area contributed by atoms with Gasteiger partial charge in [-0.25, -0.2) is 0 Å². The molecule has 21 heavy (non-hydrogen) atoms. The van der Waals surface area contributed by atoms with Gasteiger partial charge in [0.05, 0.1) is 0 Å². The maximum atomic E-state index is 2.29. The zero-order valence-electron chi connectivity index (χ0n) is 13.7. The third-order valence-electron chi connectivity index (χ3n) is 3.76. The molecule has 0 saturated carbocycles. The SMILES string of the molecule is C1=CC2=CC=C3C=CCC4=C3C2C(=C1)C=C4.CC.CCC. The number of hydrogen-bond acceptors (Lipinski definition) is 0. The highest BCUT2D eigenvalue weighted by molar-refractivity contribution is 5.66. The molecule has 4 aliphatic rings. The standard InChI is InChI=1S/C16H12.C3H8.C2H6/c1-3-11-7-9-13-5-2-6-14-10-8-12(4-1)15(11)16(13)14;1-3-2;1-2/h1-5,7-10,15H,6H2;3H2,1-2H3;1-2H3. The molecule has 0 amide bonds. The molecule has 0 nitrogen and oxygen atoms in total. The monoisotopic (exact) mass is 278 g/mol. The van der Waals surface area contributed by atoms with Gasteiger partial charge in [0.15, 0.2) is 0 Å². The molecule has 0 saturated heterocycles. The van der Waals surface area contributed by atoms with Gasteiger partial charge in [0.2, 0.25) is 0 Å². The maximum absolute atomic E-state index is 2.29. The van der Waals surface area contributed by atoms with Crippen molar-refractivity contribution in [1.82, 2.24) is 0 Å². The topological polar surface area (TPSA) is 0 Å². The van der Waals surface area contributed by atoms with E-state index in [-0.39, 0.29) is 0 Å². The van der Waals surface area contributed by atoms with E-state index in [9.17, 15) is 0 Å². The number of hydrogen-bond donors (Lipinski definition) is 0. The molecule has 0 heterocycles. The zero-order chi connectivity index (χ0) is 15.2. The lowest BCUT2D eigenvalue weighted by Gasteiger charge is -2.34. The minimum absolute atomic E-state index is 0.509. The van der Waals surface area contributed by atoms with Crippen LogP contribution in [0.2, 0.25) is 0 Å². The van der Waals surface area contributed by atoms with Crippen LogP contribution >= 0.6 is 0 Å². The van der Waals surface area contributed by atoms with Gasteiger partial charge in [0.25, 0.3) is 0 Å². The summed E-state index contributed by atoms with van der Waals surface area (Å²) in [7, 11) is 0. The van der Waals surface area contributed by atoms with Crippen molar-refractivity contribution in [3.8, 4) is 0 Å². The summed E-state index contributed by atoms with van der Waals surface area (Å²) in [6.07, 6.45) is 22.6. The zero-order valence-corrected chi connectivity index (χ0v) is 13.7. The molecule has 1 unspecified atom stereocenters. The molecule has 0 radical (unpaired) electrons. The van der Waals surface area contributed by atoms with Crippen LogP contribution in [0.25, 0.3) is 0 Å². The molecule has 0 aliphatic heterocycles. The maximum Gasteiger partial charge on any atom is 0.0348 e. The molecule has 4 rings (SSSR count). The minimum atomic E-state index is 0.509. The summed E-state index contributed by atoms with van der Waals surface area (Å²) < 4.78 is 0. The summed E-state index contributed by atoms with van der Waals surface area (Å²) in [6.45, 7) is 8.25. The first-order valence-electron chi connectivity index (χ1n) is 8.23. The lowest BCUT2D eigenvalue weighted by Crippen LogP contribution is -2.20. The van der Waals surface area contributed by atoms with E-state index in [0.717, 1.165) is 6.42 Å². The summed E-state index contributed by atoms with van der Waals surface area (Å²) in [5, 5.41) is 0. The Hall–Kier alpha value is -1.82. The molecular weight excluding hydrogens is 252 g/mol. The van der Waals surface area contributed by atoms with E-state index in [2.05, 4.69) is 68.5 Å². The molecular formula is C21H26. The van der Waals surface area contributed by atoms with Crippen molar-refractivity contribution in [2.75, 3.05) is 0 Å². The van der Waals surface area contributed by atoms with Crippen molar-refractivity contribution in [2.45, 2.75) is 40.5 Å². The van der Waals surface area contributed by atoms with Crippen LogP contribution < -0.4 is 0 Å². The van der Waals surface area contributed by atoms with Gasteiger partial charge >= 0.3 is 0 Å². The largest absolute Gasteiger partial charge is 0.0795 e. The summed E-state index contributed by atoms with van der Waals surface area (Å²) in [6, 6.07) is 0. The van der Waals surface area contributed by atoms with Crippen LogP contribution in [0.3, 0.4) is 0 Å². The normalized spacial score (nSPS) is 22.9. The predicted molar refractivity (Wildman–Crippen MR) is 94.1 cm³/mol. The molecule has 0 heteroatoms. The van der Waals surface area contributed by atoms with Gasteiger partial charge in [-0.2, -0.15) is 0 Å². The predicted octanol–water partition coefficient (Wildman–Crippen LogP) is 6.23. The van der Waals surface area contributed by atoms with Gasteiger partial charge in [0.1, 0.15) is 0 Å². The van der Waals surface area contributed by atoms with E-state index >= 15 is 0 Å². The highest BCUT2D eigenvalue weighted by atomic mass is 14.3. The second-order valence-corrected chi connectivity index (χ2v) is 5.33. The second kappa shape index (κ2) is 7.26. The quantitative estimate of drug-likeness (QED) is 0.492. The van der Waals surface area contributed by atoms with Crippen molar-refractivity contribution in [2.24, 2.45) is 5.92 Å². The highest BCUT2D eigenvalue weighted by Crippen LogP contribution is 2.46. The molecule has 4 aliphatic carbocycles. The Kier molecular flexibility index (Phi) is 5.38. The Balaban J connectivity index is 0.000000291. The summed E-state index contributed by atoms with van der Waals surface area (Å²) >= 11 is 0. The lowest BCUT2D eigenvalue weighted by atomic mass is 9.69. The van der Waals surface area contributed by atoms with Crippen LogP contribution in [-0.2, 0) is 0 Å². The van der Waals surface area contributed by atoms with Gasteiger partial charge in [-0.3, -0.25) is 0 Å². The van der Waals surface area contributed by atoms with Gasteiger partial charge in [-0.15, -0.1) is 0 Å². The summed E-state index contributed by atoms with van der Waals surface area (Å²) in [5.74, 6) is 0.509. The smallest absolute Gasteiger partial charge is 0.0348 e. The van der Waals surface area contributed by atoms with E-state index in [1.165, 1.54) is 34.3 Å². The third-order valence-corrected chi connectivity index (χ3v) is 3.76. The molecule has 0 spiro atoms. The van der Waals surface area contributed by atoms with Crippen LogP contribution in [-0.4, -0.2) is 0 Å². The van der Waals surface area contributed by atoms with Crippen molar-refractivity contribution in [3.05, 3.63) is 82.5 Å². The molecule has 0 fully saturated rings. The Morgan fingerprint density at radius 2 is 1.62 bits per heavy atom. The average Bonchev–Trinajstić information content (AvgIpc) is 2.55. The first kappa shape index (κ1) is 15.6. The summed E-state index contributed by atoms with van der Waals surface area (Å²) in [4.78, 5) is 0. The fourth-order valence-electron chi connectivity index (χ4n) is 3.03. The highest BCUT2D eigenvalue weighted by Gasteiger charge is 2.31. The molecule has 0 aromatic carbocycles. The second-order valence-electron chi connectivity index (χ2n) is 5.33. The van der Waals surface area contributed by atoms with Gasteiger partial charge in [-0.1, -0.05) is 88.8 Å². The van der Waals surface area contributed by atoms with E-state index in [1.807, 2.05) is 13.8 Å². The van der Waals surface area contributed by atoms with Crippen molar-refractivity contribution in [3.63, 3.8) is 0 Å². The molecule has 1 atom stereocenters. The van der Waals surface area contributed by atoms with E-state index < -0.39 is 0 Å². The Labute approximate surface area is 129 Å². The molecule has 0 aromatic heterocycles. The number of allylic oxidation sites excluding steroid dienone is 14. The molecule has 0 N–H and O–H groups in total. The van der Waals surface area contributed by atoms with Crippen LogP contribution in [0.4, 0.5) is 0 Å². The average molecular weight is 278 g/mol. The van der Waals surface area contributed by atoms with Gasteiger partial charge < -0.3 is 0 Å². The van der Waals surface area contributed by atoms with Gasteiger partial charge in [0, 0.05) is 5.92 Å². The van der Waals surface area contributed by atoms with E-state index in [4.69, 9.17) is 0 Å². The molecule has 0 bridgehead atoms. The van der Waals surface area contributed by atoms with Crippen LogP contribution in [0, 0.1) is 5.92 Å². The Bertz CT molecular complexity index is 598. The molecule has 110 valence electrons. The summed E-state index contributed by atoms with van der Waals surface area (Å²) in [5.41, 5.74) is 7.32. The number of rotatable bonds is 0. The van der Waals surface area contributed by atoms with Gasteiger partial charge in [-0.05, 0) is 34.3 Å².